The number of carbonyl (C=O) groups is 2. The third-order valence-corrected chi connectivity index (χ3v) is 5.95. The van der Waals surface area contributed by atoms with Crippen LogP contribution in [-0.4, -0.2) is 57.2 Å². The van der Waals surface area contributed by atoms with E-state index in [1.54, 1.807) is 11.8 Å². The van der Waals surface area contributed by atoms with E-state index in [0.717, 1.165) is 23.5 Å². The van der Waals surface area contributed by atoms with Gasteiger partial charge in [-0.1, -0.05) is 49.4 Å². The number of rotatable bonds is 11. The van der Waals surface area contributed by atoms with Gasteiger partial charge in [-0.15, -0.1) is 0 Å². The van der Waals surface area contributed by atoms with Crippen LogP contribution in [0.5, 0.6) is 0 Å². The van der Waals surface area contributed by atoms with E-state index in [9.17, 15) is 14.7 Å². The van der Waals surface area contributed by atoms with E-state index < -0.39 is 12.1 Å². The molecule has 27 heavy (non-hydrogen) atoms. The molecule has 1 fully saturated rings. The van der Waals surface area contributed by atoms with Crippen molar-refractivity contribution in [2.24, 2.45) is 0 Å². The summed E-state index contributed by atoms with van der Waals surface area (Å²) in [7, 11) is 0. The van der Waals surface area contributed by atoms with Crippen LogP contribution in [-0.2, 0) is 9.59 Å². The van der Waals surface area contributed by atoms with Gasteiger partial charge in [-0.25, -0.2) is 0 Å². The van der Waals surface area contributed by atoms with Crippen LogP contribution in [0.1, 0.15) is 44.1 Å². The minimum absolute atomic E-state index is 0.00204. The maximum absolute atomic E-state index is 12.1. The molecule has 0 saturated carbocycles. The van der Waals surface area contributed by atoms with Gasteiger partial charge in [-0.05, 0) is 24.2 Å². The summed E-state index contributed by atoms with van der Waals surface area (Å²) in [5.74, 6) is 0.985. The molecule has 1 saturated heterocycles. The average Bonchev–Trinajstić information content (AvgIpc) is 3.02. The molecule has 6 heteroatoms. The summed E-state index contributed by atoms with van der Waals surface area (Å²) < 4.78 is 0. The van der Waals surface area contributed by atoms with Crippen molar-refractivity contribution in [3.8, 4) is 0 Å². The van der Waals surface area contributed by atoms with Crippen molar-refractivity contribution in [1.29, 1.82) is 0 Å². The molecule has 1 aliphatic rings. The molecule has 3 atom stereocenters. The number of nitrogens with zero attached hydrogens (tertiary/aromatic N) is 1. The first-order valence-corrected chi connectivity index (χ1v) is 10.6. The first-order valence-electron chi connectivity index (χ1n) is 9.49. The molecule has 0 aromatic heterocycles. The van der Waals surface area contributed by atoms with E-state index in [1.807, 2.05) is 54.3 Å². The van der Waals surface area contributed by atoms with Gasteiger partial charge in [0, 0.05) is 31.1 Å². The highest BCUT2D eigenvalue weighted by atomic mass is 32.2. The summed E-state index contributed by atoms with van der Waals surface area (Å²) in [6.07, 6.45) is 5.36. The SMILES string of the molecule is C[C@@H](c1ccccc1)C(O)/C=C/[C@H]1CCC(=O)N1CCSCCCC(=O)O. The highest BCUT2D eigenvalue weighted by molar-refractivity contribution is 7.99. The quantitative estimate of drug-likeness (QED) is 0.447. The molecule has 0 radical (unpaired) electrons. The largest absolute Gasteiger partial charge is 0.481 e. The van der Waals surface area contributed by atoms with Crippen molar-refractivity contribution in [2.45, 2.75) is 50.7 Å². The topological polar surface area (TPSA) is 77.8 Å². The summed E-state index contributed by atoms with van der Waals surface area (Å²) in [5, 5.41) is 19.1. The van der Waals surface area contributed by atoms with Crippen molar-refractivity contribution in [2.75, 3.05) is 18.1 Å². The number of aliphatic hydroxyl groups is 1. The lowest BCUT2D eigenvalue weighted by Gasteiger charge is -2.23. The van der Waals surface area contributed by atoms with Crippen molar-refractivity contribution in [3.63, 3.8) is 0 Å². The molecule has 0 aliphatic carbocycles. The zero-order chi connectivity index (χ0) is 19.6. The maximum Gasteiger partial charge on any atom is 0.303 e. The summed E-state index contributed by atoms with van der Waals surface area (Å²) in [4.78, 5) is 24.5. The number of hydrogen-bond acceptors (Lipinski definition) is 4. The Morgan fingerprint density at radius 2 is 2.07 bits per heavy atom. The Morgan fingerprint density at radius 1 is 1.33 bits per heavy atom. The fourth-order valence-corrected chi connectivity index (χ4v) is 4.08. The van der Waals surface area contributed by atoms with Gasteiger partial charge in [-0.2, -0.15) is 11.8 Å². The first-order chi connectivity index (χ1) is 13.0. The van der Waals surface area contributed by atoms with Gasteiger partial charge in [0.15, 0.2) is 0 Å². The van der Waals surface area contributed by atoms with Gasteiger partial charge in [-0.3, -0.25) is 9.59 Å². The lowest BCUT2D eigenvalue weighted by Crippen LogP contribution is -2.34. The van der Waals surface area contributed by atoms with E-state index in [4.69, 9.17) is 5.11 Å². The highest BCUT2D eigenvalue weighted by Gasteiger charge is 2.28. The standard InChI is InChI=1S/C21H29NO4S/c1-16(17-6-3-2-4-7-17)19(23)11-9-18-10-12-20(24)22(18)13-15-27-14-5-8-21(25)26/h2-4,6-7,9,11,16,18-19,23H,5,8,10,12-15H2,1H3,(H,25,26)/b11-9+/t16-,18-,19?/m0/s1. The fraction of sp³-hybridized carbons (Fsp3) is 0.524. The molecular formula is C21H29NO4S. The molecule has 0 bridgehead atoms. The third-order valence-electron chi connectivity index (χ3n) is 4.90. The van der Waals surface area contributed by atoms with Crippen LogP contribution >= 0.6 is 11.8 Å². The minimum atomic E-state index is -0.765. The molecule has 1 aromatic rings. The molecule has 0 spiro atoms. The van der Waals surface area contributed by atoms with Crippen molar-refractivity contribution in [1.82, 2.24) is 4.90 Å². The number of aliphatic carboxylic acids is 1. The van der Waals surface area contributed by atoms with Gasteiger partial charge in [0.25, 0.3) is 0 Å². The summed E-state index contributed by atoms with van der Waals surface area (Å²) in [6.45, 7) is 2.66. The van der Waals surface area contributed by atoms with Gasteiger partial charge >= 0.3 is 5.97 Å². The lowest BCUT2D eigenvalue weighted by molar-refractivity contribution is -0.137. The van der Waals surface area contributed by atoms with Crippen LogP contribution in [0.25, 0.3) is 0 Å². The molecule has 2 N–H and O–H groups in total. The van der Waals surface area contributed by atoms with Crippen LogP contribution < -0.4 is 0 Å². The predicted molar refractivity (Wildman–Crippen MR) is 109 cm³/mol. The van der Waals surface area contributed by atoms with Crippen LogP contribution in [0.15, 0.2) is 42.5 Å². The van der Waals surface area contributed by atoms with Crippen molar-refractivity contribution >= 4 is 23.6 Å². The minimum Gasteiger partial charge on any atom is -0.481 e. The van der Waals surface area contributed by atoms with E-state index >= 15 is 0 Å². The first kappa shape index (κ1) is 21.5. The lowest BCUT2D eigenvalue weighted by atomic mass is 9.95. The number of carbonyl (C=O) groups excluding carboxylic acids is 1. The second kappa shape index (κ2) is 11.1. The van der Waals surface area contributed by atoms with Crippen LogP contribution in [0.2, 0.25) is 0 Å². The maximum atomic E-state index is 12.1. The number of thioether (sulfide) groups is 1. The summed E-state index contributed by atoms with van der Waals surface area (Å²) in [6, 6.07) is 9.94. The third kappa shape index (κ3) is 7.03. The second-order valence-electron chi connectivity index (χ2n) is 6.88. The van der Waals surface area contributed by atoms with E-state index in [0.29, 0.717) is 19.4 Å². The number of carboxylic acids is 1. The second-order valence-corrected chi connectivity index (χ2v) is 8.10. The Labute approximate surface area is 165 Å². The Bertz CT molecular complexity index is 634. The Hall–Kier alpha value is -1.79. The number of benzene rings is 1. The number of likely N-dealkylation sites (tertiary alicyclic amines) is 1. The summed E-state index contributed by atoms with van der Waals surface area (Å²) in [5.41, 5.74) is 1.09. The zero-order valence-electron chi connectivity index (χ0n) is 15.8. The van der Waals surface area contributed by atoms with Crippen molar-refractivity contribution in [3.05, 3.63) is 48.0 Å². The molecule has 1 heterocycles. The smallest absolute Gasteiger partial charge is 0.303 e. The van der Waals surface area contributed by atoms with Gasteiger partial charge in [0.05, 0.1) is 12.1 Å². The van der Waals surface area contributed by atoms with E-state index in [1.165, 1.54) is 0 Å². The van der Waals surface area contributed by atoms with Crippen LogP contribution in [0.3, 0.4) is 0 Å². The number of carboxylic acid groups (broad SMARTS) is 1. The Morgan fingerprint density at radius 3 is 2.78 bits per heavy atom. The highest BCUT2D eigenvalue weighted by Crippen LogP contribution is 2.23. The number of hydrogen-bond donors (Lipinski definition) is 2. The zero-order valence-corrected chi connectivity index (χ0v) is 16.6. The van der Waals surface area contributed by atoms with E-state index in [-0.39, 0.29) is 24.3 Å². The van der Waals surface area contributed by atoms with Gasteiger partial charge < -0.3 is 15.1 Å². The molecule has 2 rings (SSSR count). The van der Waals surface area contributed by atoms with E-state index in [2.05, 4.69) is 0 Å². The van der Waals surface area contributed by atoms with Gasteiger partial charge in [0.1, 0.15) is 0 Å². The normalized spacial score (nSPS) is 19.6. The Balaban J connectivity index is 1.80. The molecule has 1 amide bonds. The molecule has 1 aromatic carbocycles. The molecule has 148 valence electrons. The number of amides is 1. The van der Waals surface area contributed by atoms with Crippen molar-refractivity contribution < 1.29 is 19.8 Å². The van der Waals surface area contributed by atoms with Gasteiger partial charge in [0.2, 0.25) is 5.91 Å². The van der Waals surface area contributed by atoms with Crippen LogP contribution in [0.4, 0.5) is 0 Å². The molecule has 5 nitrogen and oxygen atoms in total. The molecule has 1 unspecified atom stereocenters. The van der Waals surface area contributed by atoms with Crippen LogP contribution in [0, 0.1) is 0 Å². The monoisotopic (exact) mass is 391 g/mol. The summed E-state index contributed by atoms with van der Waals surface area (Å²) >= 11 is 1.68. The fourth-order valence-electron chi connectivity index (χ4n) is 3.20. The Kier molecular flexibility index (Phi) is 8.88. The number of aliphatic hydroxyl groups excluding tert-OH is 1. The predicted octanol–water partition coefficient (Wildman–Crippen LogP) is 3.30. The molecule has 1 aliphatic heterocycles. The average molecular weight is 392 g/mol. The molecular weight excluding hydrogens is 362 g/mol.